The minimum Gasteiger partial charge on any atom is -0.336 e. The SMILES string of the molecule is Cn1ccnc1C(NCc1ncn[nH]1)c1cccs1. The van der Waals surface area contributed by atoms with Gasteiger partial charge in [-0.15, -0.1) is 11.3 Å². The van der Waals surface area contributed by atoms with E-state index >= 15 is 0 Å². The van der Waals surface area contributed by atoms with Crippen molar-refractivity contribution in [1.29, 1.82) is 0 Å². The number of aromatic nitrogens is 5. The first-order valence-electron chi connectivity index (χ1n) is 5.93. The third-order valence-corrected chi connectivity index (χ3v) is 3.82. The van der Waals surface area contributed by atoms with E-state index in [-0.39, 0.29) is 6.04 Å². The number of aromatic amines is 1. The van der Waals surface area contributed by atoms with E-state index in [2.05, 4.69) is 36.9 Å². The molecule has 3 aromatic heterocycles. The predicted octanol–water partition coefficient (Wildman–Crippen LogP) is 1.48. The second-order valence-corrected chi connectivity index (χ2v) is 5.14. The Labute approximate surface area is 114 Å². The number of nitrogens with zero attached hydrogens (tertiary/aromatic N) is 4. The van der Waals surface area contributed by atoms with Crippen molar-refractivity contribution < 1.29 is 0 Å². The maximum absolute atomic E-state index is 4.43. The van der Waals surface area contributed by atoms with Crippen LogP contribution in [0.3, 0.4) is 0 Å². The van der Waals surface area contributed by atoms with Gasteiger partial charge in [0.1, 0.15) is 24.0 Å². The van der Waals surface area contributed by atoms with Crippen LogP contribution in [0.5, 0.6) is 0 Å². The summed E-state index contributed by atoms with van der Waals surface area (Å²) in [5, 5.41) is 12.2. The third-order valence-electron chi connectivity index (χ3n) is 2.88. The van der Waals surface area contributed by atoms with Gasteiger partial charge in [-0.3, -0.25) is 10.4 Å². The van der Waals surface area contributed by atoms with Gasteiger partial charge in [0.25, 0.3) is 0 Å². The Morgan fingerprint density at radius 1 is 1.47 bits per heavy atom. The Morgan fingerprint density at radius 3 is 3.05 bits per heavy atom. The van der Waals surface area contributed by atoms with Gasteiger partial charge < -0.3 is 4.57 Å². The lowest BCUT2D eigenvalue weighted by molar-refractivity contribution is 0.553. The second-order valence-electron chi connectivity index (χ2n) is 4.16. The van der Waals surface area contributed by atoms with Gasteiger partial charge in [-0.25, -0.2) is 9.97 Å². The molecule has 19 heavy (non-hydrogen) atoms. The van der Waals surface area contributed by atoms with E-state index in [4.69, 9.17) is 0 Å². The minimum absolute atomic E-state index is 0.0603. The van der Waals surface area contributed by atoms with Crippen LogP contribution in [0.25, 0.3) is 0 Å². The van der Waals surface area contributed by atoms with E-state index in [1.807, 2.05) is 30.1 Å². The molecule has 3 heterocycles. The van der Waals surface area contributed by atoms with Gasteiger partial charge in [0.15, 0.2) is 0 Å². The summed E-state index contributed by atoms with van der Waals surface area (Å²) in [5.41, 5.74) is 0. The van der Waals surface area contributed by atoms with Crippen LogP contribution in [0, 0.1) is 0 Å². The summed E-state index contributed by atoms with van der Waals surface area (Å²) in [7, 11) is 2.00. The van der Waals surface area contributed by atoms with Crippen LogP contribution in [0.4, 0.5) is 0 Å². The van der Waals surface area contributed by atoms with E-state index < -0.39 is 0 Å². The summed E-state index contributed by atoms with van der Waals surface area (Å²) in [6, 6.07) is 4.22. The Morgan fingerprint density at radius 2 is 2.42 bits per heavy atom. The summed E-state index contributed by atoms with van der Waals surface area (Å²) in [4.78, 5) is 9.78. The number of hydrogen-bond acceptors (Lipinski definition) is 5. The van der Waals surface area contributed by atoms with Crippen LogP contribution < -0.4 is 5.32 Å². The van der Waals surface area contributed by atoms with Gasteiger partial charge in [-0.2, -0.15) is 5.10 Å². The van der Waals surface area contributed by atoms with Crippen molar-refractivity contribution in [2.24, 2.45) is 7.05 Å². The van der Waals surface area contributed by atoms with Crippen molar-refractivity contribution >= 4 is 11.3 Å². The molecule has 1 unspecified atom stereocenters. The van der Waals surface area contributed by atoms with Crippen molar-refractivity contribution in [3.05, 3.63) is 52.8 Å². The molecule has 0 radical (unpaired) electrons. The van der Waals surface area contributed by atoms with Gasteiger partial charge >= 0.3 is 0 Å². The highest BCUT2D eigenvalue weighted by Crippen LogP contribution is 2.24. The van der Waals surface area contributed by atoms with Gasteiger partial charge in [0, 0.05) is 24.3 Å². The molecule has 3 rings (SSSR count). The number of imidazole rings is 1. The number of nitrogens with one attached hydrogen (secondary N) is 2. The van der Waals surface area contributed by atoms with Crippen molar-refractivity contribution in [3.8, 4) is 0 Å². The fraction of sp³-hybridized carbons (Fsp3) is 0.250. The van der Waals surface area contributed by atoms with Crippen LogP contribution in [-0.2, 0) is 13.6 Å². The predicted molar refractivity (Wildman–Crippen MR) is 72.6 cm³/mol. The van der Waals surface area contributed by atoms with Gasteiger partial charge in [0.05, 0.1) is 6.54 Å². The van der Waals surface area contributed by atoms with Crippen molar-refractivity contribution in [3.63, 3.8) is 0 Å². The first kappa shape index (κ1) is 12.1. The normalized spacial score (nSPS) is 12.7. The molecule has 0 aliphatic rings. The summed E-state index contributed by atoms with van der Waals surface area (Å²) in [5.74, 6) is 1.80. The van der Waals surface area contributed by atoms with E-state index in [9.17, 15) is 0 Å². The smallest absolute Gasteiger partial charge is 0.138 e. The molecule has 2 N–H and O–H groups in total. The summed E-state index contributed by atoms with van der Waals surface area (Å²) in [6.07, 6.45) is 5.27. The molecular weight excluding hydrogens is 260 g/mol. The molecule has 0 bridgehead atoms. The Hall–Kier alpha value is -1.99. The molecule has 0 fully saturated rings. The lowest BCUT2D eigenvalue weighted by Crippen LogP contribution is -2.24. The molecule has 0 aromatic carbocycles. The zero-order valence-electron chi connectivity index (χ0n) is 10.4. The zero-order valence-corrected chi connectivity index (χ0v) is 11.3. The Bertz CT molecular complexity index is 613. The fourth-order valence-corrected chi connectivity index (χ4v) is 2.74. The molecule has 0 saturated heterocycles. The molecule has 98 valence electrons. The van der Waals surface area contributed by atoms with Crippen LogP contribution in [0.1, 0.15) is 22.6 Å². The second kappa shape index (κ2) is 5.33. The molecule has 0 aliphatic heterocycles. The van der Waals surface area contributed by atoms with Crippen LogP contribution in [0.2, 0.25) is 0 Å². The highest BCUT2D eigenvalue weighted by molar-refractivity contribution is 7.10. The standard InChI is InChI=1S/C12H14N6S/c1-18-5-4-13-12(18)11(9-3-2-6-19-9)14-7-10-15-8-16-17-10/h2-6,8,11,14H,7H2,1H3,(H,15,16,17). The average Bonchev–Trinajstić information content (AvgIpc) is 3.13. The average molecular weight is 274 g/mol. The maximum atomic E-state index is 4.43. The van der Waals surface area contributed by atoms with Crippen LogP contribution in [0.15, 0.2) is 36.2 Å². The first-order chi connectivity index (χ1) is 9.34. The monoisotopic (exact) mass is 274 g/mol. The highest BCUT2D eigenvalue weighted by Gasteiger charge is 2.19. The Balaban J connectivity index is 1.83. The van der Waals surface area contributed by atoms with Gasteiger partial charge in [0.2, 0.25) is 0 Å². The minimum atomic E-state index is 0.0603. The highest BCUT2D eigenvalue weighted by atomic mass is 32.1. The molecular formula is C12H14N6S. The summed E-state index contributed by atoms with van der Waals surface area (Å²) >= 11 is 1.71. The molecule has 0 amide bonds. The number of hydrogen-bond donors (Lipinski definition) is 2. The van der Waals surface area contributed by atoms with Crippen molar-refractivity contribution in [2.45, 2.75) is 12.6 Å². The molecule has 6 nitrogen and oxygen atoms in total. The van der Waals surface area contributed by atoms with E-state index in [0.717, 1.165) is 11.6 Å². The lowest BCUT2D eigenvalue weighted by atomic mass is 10.2. The fourth-order valence-electron chi connectivity index (χ4n) is 1.94. The summed E-state index contributed by atoms with van der Waals surface area (Å²) in [6.45, 7) is 0.620. The number of rotatable bonds is 5. The molecule has 0 saturated carbocycles. The number of thiophene rings is 1. The van der Waals surface area contributed by atoms with Gasteiger partial charge in [-0.1, -0.05) is 6.07 Å². The topological polar surface area (TPSA) is 71.4 Å². The molecule has 1 atom stereocenters. The Kier molecular flexibility index (Phi) is 3.39. The van der Waals surface area contributed by atoms with E-state index in [1.54, 1.807) is 11.3 Å². The maximum Gasteiger partial charge on any atom is 0.138 e. The number of H-pyrrole nitrogens is 1. The molecule has 7 heteroatoms. The van der Waals surface area contributed by atoms with Crippen molar-refractivity contribution in [2.75, 3.05) is 0 Å². The lowest BCUT2D eigenvalue weighted by Gasteiger charge is -2.16. The molecule has 0 spiro atoms. The number of aryl methyl sites for hydroxylation is 1. The van der Waals surface area contributed by atoms with Crippen LogP contribution >= 0.6 is 11.3 Å². The summed E-state index contributed by atoms with van der Waals surface area (Å²) < 4.78 is 2.03. The quantitative estimate of drug-likeness (QED) is 0.739. The van der Waals surface area contributed by atoms with Gasteiger partial charge in [-0.05, 0) is 11.4 Å². The van der Waals surface area contributed by atoms with E-state index in [1.165, 1.54) is 11.2 Å². The van der Waals surface area contributed by atoms with Crippen LogP contribution in [-0.4, -0.2) is 24.7 Å². The largest absolute Gasteiger partial charge is 0.336 e. The third kappa shape index (κ3) is 2.56. The van der Waals surface area contributed by atoms with E-state index in [0.29, 0.717) is 6.54 Å². The van der Waals surface area contributed by atoms with Crippen molar-refractivity contribution in [1.82, 2.24) is 30.0 Å². The first-order valence-corrected chi connectivity index (χ1v) is 6.81. The zero-order chi connectivity index (χ0) is 13.1. The molecule has 3 aromatic rings. The molecule has 0 aliphatic carbocycles.